The lowest BCUT2D eigenvalue weighted by Crippen LogP contribution is -2.44. The number of carbonyl (C=O) groups excluding carboxylic acids is 2. The van der Waals surface area contributed by atoms with Gasteiger partial charge in [-0.05, 0) is 67.3 Å². The third-order valence-corrected chi connectivity index (χ3v) is 4.98. The summed E-state index contributed by atoms with van der Waals surface area (Å²) in [6.07, 6.45) is 4.37. The van der Waals surface area contributed by atoms with Crippen LogP contribution in [0.5, 0.6) is 11.5 Å². The Hall–Kier alpha value is -3.55. The quantitative estimate of drug-likeness (QED) is 0.683. The van der Waals surface area contributed by atoms with Crippen LogP contribution >= 0.6 is 0 Å². The molecule has 3 rings (SSSR count). The molecule has 0 aromatic heterocycles. The average molecular weight is 410 g/mol. The number of hydrogen-bond acceptors (Lipinski definition) is 6. The zero-order chi connectivity index (χ0) is 21.5. The van der Waals surface area contributed by atoms with Gasteiger partial charge in [-0.3, -0.25) is 14.6 Å². The van der Waals surface area contributed by atoms with Crippen molar-refractivity contribution in [1.82, 2.24) is 5.01 Å². The highest BCUT2D eigenvalue weighted by Crippen LogP contribution is 2.27. The van der Waals surface area contributed by atoms with E-state index >= 15 is 0 Å². The Balaban J connectivity index is 1.70. The molecule has 1 aliphatic rings. The van der Waals surface area contributed by atoms with E-state index in [0.29, 0.717) is 35.7 Å². The molecule has 0 radical (unpaired) electrons. The van der Waals surface area contributed by atoms with E-state index in [-0.39, 0.29) is 11.9 Å². The summed E-state index contributed by atoms with van der Waals surface area (Å²) in [5.74, 6) is 0.628. The van der Waals surface area contributed by atoms with E-state index in [0.717, 1.165) is 18.4 Å². The number of nitrogens with zero attached hydrogens (tertiary/aromatic N) is 2. The van der Waals surface area contributed by atoms with Gasteiger partial charge in [-0.25, -0.2) is 0 Å². The summed E-state index contributed by atoms with van der Waals surface area (Å²) in [6, 6.07) is 11.7. The number of anilines is 1. The highest BCUT2D eigenvalue weighted by Gasteiger charge is 2.27. The van der Waals surface area contributed by atoms with Crippen LogP contribution in [0.25, 0.3) is 0 Å². The lowest BCUT2D eigenvalue weighted by atomic mass is 10.0. The molecule has 1 heterocycles. The van der Waals surface area contributed by atoms with Crippen LogP contribution in [0, 0.1) is 0 Å². The summed E-state index contributed by atoms with van der Waals surface area (Å²) >= 11 is 0. The maximum absolute atomic E-state index is 12.8. The van der Waals surface area contributed by atoms with E-state index < -0.39 is 5.91 Å². The summed E-state index contributed by atoms with van der Waals surface area (Å²) < 4.78 is 10.6. The number of nitrogens with one attached hydrogen (secondary N) is 1. The van der Waals surface area contributed by atoms with Crippen LogP contribution in [-0.4, -0.2) is 49.8 Å². The number of benzene rings is 2. The van der Waals surface area contributed by atoms with E-state index in [1.165, 1.54) is 0 Å². The molecule has 0 aliphatic carbocycles. The molecule has 2 aromatic carbocycles. The van der Waals surface area contributed by atoms with Crippen LogP contribution in [0.3, 0.4) is 0 Å². The van der Waals surface area contributed by atoms with Crippen LogP contribution < -0.4 is 20.5 Å². The lowest BCUT2D eigenvalue weighted by molar-refractivity contribution is -0.122. The van der Waals surface area contributed by atoms with E-state index in [1.54, 1.807) is 44.7 Å². The average Bonchev–Trinajstić information content (AvgIpc) is 2.78. The number of ether oxygens (including phenoxy) is 2. The summed E-state index contributed by atoms with van der Waals surface area (Å²) in [5.41, 5.74) is 7.10. The van der Waals surface area contributed by atoms with Crippen LogP contribution in [0.2, 0.25) is 0 Å². The van der Waals surface area contributed by atoms with Crippen LogP contribution in [-0.2, 0) is 4.79 Å². The Bertz CT molecular complexity index is 927. The van der Waals surface area contributed by atoms with Gasteiger partial charge in [0.15, 0.2) is 11.5 Å². The minimum absolute atomic E-state index is 0.133. The standard InChI is InChI=1S/C22H26N4O4/c1-29-19-11-6-15(13-20(19)30-2)14-24-26-12-4-3-5-18(26)22(28)25-17-9-7-16(8-10-17)21(23)27/h6-11,13-14,18H,3-5,12H2,1-2H3,(H2,23,27)(H,25,28)/b24-14+. The maximum Gasteiger partial charge on any atom is 0.248 e. The molecule has 1 aliphatic heterocycles. The van der Waals surface area contributed by atoms with E-state index in [2.05, 4.69) is 10.4 Å². The number of primary amides is 1. The molecule has 0 saturated carbocycles. The number of rotatable bonds is 7. The number of hydrazone groups is 1. The Morgan fingerprint density at radius 3 is 2.50 bits per heavy atom. The minimum atomic E-state index is -0.504. The molecule has 8 nitrogen and oxygen atoms in total. The first-order chi connectivity index (χ1) is 14.5. The van der Waals surface area contributed by atoms with Crippen LogP contribution in [0.4, 0.5) is 5.69 Å². The number of nitrogens with two attached hydrogens (primary N) is 1. The number of piperidine rings is 1. The summed E-state index contributed by atoms with van der Waals surface area (Å²) in [7, 11) is 3.17. The van der Waals surface area contributed by atoms with Crippen molar-refractivity contribution in [1.29, 1.82) is 0 Å². The van der Waals surface area contributed by atoms with Gasteiger partial charge >= 0.3 is 0 Å². The van der Waals surface area contributed by atoms with Crippen molar-refractivity contribution in [3.8, 4) is 11.5 Å². The first kappa shape index (κ1) is 21.2. The fourth-order valence-electron chi connectivity index (χ4n) is 3.34. The molecule has 1 atom stereocenters. The van der Waals surface area contributed by atoms with Gasteiger partial charge in [-0.1, -0.05) is 0 Å². The van der Waals surface area contributed by atoms with Crippen molar-refractivity contribution >= 4 is 23.7 Å². The van der Waals surface area contributed by atoms with Gasteiger partial charge < -0.3 is 20.5 Å². The van der Waals surface area contributed by atoms with Gasteiger partial charge in [0.1, 0.15) is 6.04 Å². The van der Waals surface area contributed by atoms with Gasteiger partial charge in [-0.15, -0.1) is 0 Å². The molecular weight excluding hydrogens is 384 g/mol. The molecule has 1 unspecified atom stereocenters. The van der Waals surface area contributed by atoms with Crippen molar-refractivity contribution in [3.63, 3.8) is 0 Å². The zero-order valence-electron chi connectivity index (χ0n) is 17.1. The molecule has 2 amide bonds. The molecule has 1 saturated heterocycles. The second-order valence-electron chi connectivity index (χ2n) is 6.96. The van der Waals surface area contributed by atoms with Crippen molar-refractivity contribution in [3.05, 3.63) is 53.6 Å². The lowest BCUT2D eigenvalue weighted by Gasteiger charge is -2.32. The largest absolute Gasteiger partial charge is 0.493 e. The van der Waals surface area contributed by atoms with Crippen molar-refractivity contribution < 1.29 is 19.1 Å². The molecule has 3 N–H and O–H groups in total. The maximum atomic E-state index is 12.8. The number of amides is 2. The highest BCUT2D eigenvalue weighted by atomic mass is 16.5. The summed E-state index contributed by atoms with van der Waals surface area (Å²) in [4.78, 5) is 24.0. The third kappa shape index (κ3) is 5.08. The molecule has 1 fully saturated rings. The van der Waals surface area contributed by atoms with Crippen LogP contribution in [0.1, 0.15) is 35.2 Å². The first-order valence-corrected chi connectivity index (χ1v) is 9.75. The SMILES string of the molecule is COc1ccc(/C=N/N2CCCCC2C(=O)Nc2ccc(C(N)=O)cc2)cc1OC. The van der Waals surface area contributed by atoms with Gasteiger partial charge in [0.25, 0.3) is 0 Å². The normalized spacial score (nSPS) is 16.3. The van der Waals surface area contributed by atoms with E-state index in [1.807, 2.05) is 23.2 Å². The first-order valence-electron chi connectivity index (χ1n) is 9.75. The monoisotopic (exact) mass is 410 g/mol. The van der Waals surface area contributed by atoms with Crippen molar-refractivity contribution in [2.45, 2.75) is 25.3 Å². The highest BCUT2D eigenvalue weighted by molar-refractivity contribution is 5.96. The molecule has 2 aromatic rings. The molecule has 0 bridgehead atoms. The molecule has 30 heavy (non-hydrogen) atoms. The topological polar surface area (TPSA) is 106 Å². The molecular formula is C22H26N4O4. The number of carbonyl (C=O) groups is 2. The van der Waals surface area contributed by atoms with Gasteiger partial charge in [0, 0.05) is 17.8 Å². The summed E-state index contributed by atoms with van der Waals surface area (Å²) in [6.45, 7) is 0.697. The fourth-order valence-corrected chi connectivity index (χ4v) is 3.34. The third-order valence-electron chi connectivity index (χ3n) is 4.98. The second-order valence-corrected chi connectivity index (χ2v) is 6.96. The number of hydrogen-bond donors (Lipinski definition) is 2. The van der Waals surface area contributed by atoms with Gasteiger partial charge in [-0.2, -0.15) is 5.10 Å². The Morgan fingerprint density at radius 1 is 1.10 bits per heavy atom. The Kier molecular flexibility index (Phi) is 6.90. The van der Waals surface area contributed by atoms with Gasteiger partial charge in [0.05, 0.1) is 20.4 Å². The smallest absolute Gasteiger partial charge is 0.248 e. The van der Waals surface area contributed by atoms with Gasteiger partial charge in [0.2, 0.25) is 11.8 Å². The molecule has 158 valence electrons. The predicted octanol–water partition coefficient (Wildman–Crippen LogP) is 2.63. The van der Waals surface area contributed by atoms with Crippen molar-refractivity contribution in [2.75, 3.05) is 26.1 Å². The Labute approximate surface area is 175 Å². The molecule has 0 spiro atoms. The molecule has 8 heteroatoms. The fraction of sp³-hybridized carbons (Fsp3) is 0.318. The summed E-state index contributed by atoms with van der Waals surface area (Å²) in [5, 5.41) is 9.26. The minimum Gasteiger partial charge on any atom is -0.493 e. The predicted molar refractivity (Wildman–Crippen MR) is 115 cm³/mol. The number of methoxy groups -OCH3 is 2. The van der Waals surface area contributed by atoms with Crippen LogP contribution in [0.15, 0.2) is 47.6 Å². The Morgan fingerprint density at radius 2 is 1.83 bits per heavy atom. The van der Waals surface area contributed by atoms with E-state index in [9.17, 15) is 9.59 Å². The van der Waals surface area contributed by atoms with E-state index in [4.69, 9.17) is 15.2 Å². The zero-order valence-corrected chi connectivity index (χ0v) is 17.1. The second kappa shape index (κ2) is 9.78. The van der Waals surface area contributed by atoms with Crippen molar-refractivity contribution in [2.24, 2.45) is 10.8 Å².